The first-order chi connectivity index (χ1) is 13.3. The van der Waals surface area contributed by atoms with Crippen LogP contribution in [0.4, 0.5) is 5.69 Å². The summed E-state index contributed by atoms with van der Waals surface area (Å²) in [5.41, 5.74) is 0.328. The average Bonchev–Trinajstić information content (AvgIpc) is 3.23. The van der Waals surface area contributed by atoms with Crippen molar-refractivity contribution in [2.24, 2.45) is 10.4 Å². The van der Waals surface area contributed by atoms with Gasteiger partial charge in [0.05, 0.1) is 22.7 Å². The molecule has 1 spiro atoms. The molecule has 1 aliphatic carbocycles. The molecule has 3 aliphatic rings. The fourth-order valence-electron chi connectivity index (χ4n) is 5.29. The van der Waals surface area contributed by atoms with Crippen molar-refractivity contribution in [3.63, 3.8) is 0 Å². The monoisotopic (exact) mass is 401 g/mol. The Bertz CT molecular complexity index is 753. The Balaban J connectivity index is 1.87. The van der Waals surface area contributed by atoms with Crippen LogP contribution in [0.1, 0.15) is 65.7 Å². The normalized spacial score (nSPS) is 27.3. The van der Waals surface area contributed by atoms with Crippen LogP contribution in [0.5, 0.6) is 0 Å². The number of benzene rings is 1. The smallest absolute Gasteiger partial charge is 0.240 e. The van der Waals surface area contributed by atoms with Gasteiger partial charge in [0.15, 0.2) is 0 Å². The van der Waals surface area contributed by atoms with Crippen molar-refractivity contribution in [1.29, 1.82) is 0 Å². The molecule has 1 aromatic rings. The molecule has 2 aliphatic heterocycles. The van der Waals surface area contributed by atoms with Crippen LogP contribution in [-0.4, -0.2) is 41.3 Å². The Morgan fingerprint density at radius 2 is 1.61 bits per heavy atom. The predicted octanol–water partition coefficient (Wildman–Crippen LogP) is 5.30. The lowest BCUT2D eigenvalue weighted by Gasteiger charge is -2.40. The zero-order valence-corrected chi connectivity index (χ0v) is 18.1. The van der Waals surface area contributed by atoms with Crippen LogP contribution in [0.15, 0.2) is 29.3 Å². The van der Waals surface area contributed by atoms with Gasteiger partial charge < -0.3 is 0 Å². The first-order valence-electron chi connectivity index (χ1n) is 10.8. The van der Waals surface area contributed by atoms with E-state index < -0.39 is 0 Å². The maximum atomic E-state index is 14.0. The van der Waals surface area contributed by atoms with Crippen LogP contribution in [0.25, 0.3) is 0 Å². The van der Waals surface area contributed by atoms with Crippen molar-refractivity contribution in [2.75, 3.05) is 18.0 Å². The highest BCUT2D eigenvalue weighted by Crippen LogP contribution is 2.50. The number of amidine groups is 1. The fraction of sp³-hybridized carbons (Fsp3) is 0.652. The molecular weight excluding hydrogens is 370 g/mol. The van der Waals surface area contributed by atoms with Crippen LogP contribution in [0.3, 0.4) is 0 Å². The van der Waals surface area contributed by atoms with E-state index in [9.17, 15) is 4.79 Å². The third-order valence-electron chi connectivity index (χ3n) is 6.41. The molecule has 0 aromatic heterocycles. The van der Waals surface area contributed by atoms with Crippen LogP contribution < -0.4 is 4.90 Å². The number of anilines is 1. The van der Waals surface area contributed by atoms with E-state index in [1.54, 1.807) is 0 Å². The second-order valence-corrected chi connectivity index (χ2v) is 10.1. The number of carbonyl (C=O) groups is 1. The molecule has 3 fully saturated rings. The molecule has 1 aromatic carbocycles. The van der Waals surface area contributed by atoms with Crippen LogP contribution >= 0.6 is 11.6 Å². The summed E-state index contributed by atoms with van der Waals surface area (Å²) in [5.74, 6) is 1.19. The summed E-state index contributed by atoms with van der Waals surface area (Å²) in [6.07, 6.45) is 7.87. The summed E-state index contributed by atoms with van der Waals surface area (Å²) in [6.45, 7) is 8.50. The first kappa shape index (κ1) is 19.9. The Morgan fingerprint density at radius 1 is 1.00 bits per heavy atom. The quantitative estimate of drug-likeness (QED) is 0.674. The Hall–Kier alpha value is -1.39. The van der Waals surface area contributed by atoms with Gasteiger partial charge in [0.2, 0.25) is 5.91 Å². The van der Waals surface area contributed by atoms with Gasteiger partial charge in [-0.2, -0.15) is 0 Å². The zero-order valence-electron chi connectivity index (χ0n) is 17.4. The fourth-order valence-corrected chi connectivity index (χ4v) is 5.42. The third kappa shape index (κ3) is 3.50. The predicted molar refractivity (Wildman–Crippen MR) is 116 cm³/mol. The lowest BCUT2D eigenvalue weighted by molar-refractivity contribution is -0.129. The van der Waals surface area contributed by atoms with Crippen molar-refractivity contribution in [3.8, 4) is 0 Å². The largest absolute Gasteiger partial charge is 0.293 e. The molecule has 152 valence electrons. The van der Waals surface area contributed by atoms with Gasteiger partial charge in [-0.15, -0.1) is 0 Å². The van der Waals surface area contributed by atoms with Gasteiger partial charge in [-0.3, -0.25) is 19.6 Å². The number of hydrogen-bond acceptors (Lipinski definition) is 3. The van der Waals surface area contributed by atoms with E-state index in [-0.39, 0.29) is 22.9 Å². The van der Waals surface area contributed by atoms with Gasteiger partial charge in [0, 0.05) is 5.02 Å². The molecule has 4 nitrogen and oxygen atoms in total. The van der Waals surface area contributed by atoms with Gasteiger partial charge in [-0.1, -0.05) is 30.9 Å². The lowest BCUT2D eigenvalue weighted by atomic mass is 9.69. The standard InChI is InChI=1S/C23H32ClN3O/c1-22(2,3)25-20-19(26-15-7-8-16-26)23(13-5-4-6-14-23)21(28)27(20)18-11-9-17(24)10-12-18/h9-12,19H,4-8,13-16H2,1-3H3/t19-/m1/s1. The second kappa shape index (κ2) is 7.46. The Labute approximate surface area is 173 Å². The van der Waals surface area contributed by atoms with Crippen molar-refractivity contribution in [1.82, 2.24) is 4.90 Å². The van der Waals surface area contributed by atoms with Gasteiger partial charge in [0.25, 0.3) is 0 Å². The molecular formula is C23H32ClN3O. The van der Waals surface area contributed by atoms with Crippen molar-refractivity contribution < 1.29 is 4.79 Å². The minimum Gasteiger partial charge on any atom is -0.293 e. The summed E-state index contributed by atoms with van der Waals surface area (Å²) in [6, 6.07) is 7.76. The molecule has 0 N–H and O–H groups in total. The molecule has 5 heteroatoms. The van der Waals surface area contributed by atoms with E-state index in [0.29, 0.717) is 5.02 Å². The number of rotatable bonds is 2. The maximum Gasteiger partial charge on any atom is 0.240 e. The second-order valence-electron chi connectivity index (χ2n) is 9.62. The highest BCUT2D eigenvalue weighted by atomic mass is 35.5. The van der Waals surface area contributed by atoms with E-state index in [0.717, 1.165) is 50.3 Å². The summed E-state index contributed by atoms with van der Waals surface area (Å²) < 4.78 is 0. The number of nitrogens with zero attached hydrogens (tertiary/aromatic N) is 3. The molecule has 2 heterocycles. The van der Waals surface area contributed by atoms with Gasteiger partial charge in [-0.05, 0) is 83.8 Å². The number of amides is 1. The number of halogens is 1. The molecule has 2 saturated heterocycles. The first-order valence-corrected chi connectivity index (χ1v) is 11.1. The molecule has 0 bridgehead atoms. The number of likely N-dealkylation sites (tertiary alicyclic amines) is 1. The lowest BCUT2D eigenvalue weighted by Crippen LogP contribution is -2.50. The van der Waals surface area contributed by atoms with E-state index in [1.165, 1.54) is 19.3 Å². The number of hydrogen-bond donors (Lipinski definition) is 0. The van der Waals surface area contributed by atoms with Crippen molar-refractivity contribution in [3.05, 3.63) is 29.3 Å². The number of carbonyl (C=O) groups excluding carboxylic acids is 1. The highest BCUT2D eigenvalue weighted by molar-refractivity contribution is 6.31. The van der Waals surface area contributed by atoms with Crippen LogP contribution in [-0.2, 0) is 4.79 Å². The molecule has 1 amide bonds. The Morgan fingerprint density at radius 3 is 2.18 bits per heavy atom. The van der Waals surface area contributed by atoms with E-state index in [4.69, 9.17) is 16.6 Å². The molecule has 0 radical (unpaired) electrons. The molecule has 0 unspecified atom stereocenters. The minimum atomic E-state index is -0.327. The molecule has 1 saturated carbocycles. The molecule has 28 heavy (non-hydrogen) atoms. The summed E-state index contributed by atoms with van der Waals surface area (Å²) >= 11 is 6.13. The van der Waals surface area contributed by atoms with Gasteiger partial charge >= 0.3 is 0 Å². The topological polar surface area (TPSA) is 35.9 Å². The van der Waals surface area contributed by atoms with Gasteiger partial charge in [-0.25, -0.2) is 0 Å². The SMILES string of the molecule is CC(C)(C)N=C1[C@@H](N2CCCC2)C2(CCCCC2)C(=O)N1c1ccc(Cl)cc1. The van der Waals surface area contributed by atoms with E-state index >= 15 is 0 Å². The van der Waals surface area contributed by atoms with Crippen molar-refractivity contribution >= 4 is 29.0 Å². The van der Waals surface area contributed by atoms with Crippen molar-refractivity contribution in [2.45, 2.75) is 77.3 Å². The zero-order chi connectivity index (χ0) is 19.9. The highest BCUT2D eigenvalue weighted by Gasteiger charge is 2.60. The van der Waals surface area contributed by atoms with Crippen LogP contribution in [0.2, 0.25) is 5.02 Å². The average molecular weight is 402 g/mol. The maximum absolute atomic E-state index is 14.0. The molecule has 1 atom stereocenters. The van der Waals surface area contributed by atoms with Gasteiger partial charge in [0.1, 0.15) is 5.84 Å². The minimum absolute atomic E-state index is 0.0951. The number of aliphatic imine (C=N–C) groups is 1. The summed E-state index contributed by atoms with van der Waals surface area (Å²) in [4.78, 5) is 23.7. The van der Waals surface area contributed by atoms with E-state index in [1.807, 2.05) is 29.2 Å². The summed E-state index contributed by atoms with van der Waals surface area (Å²) in [7, 11) is 0. The Kier molecular flexibility index (Phi) is 5.30. The van der Waals surface area contributed by atoms with Crippen LogP contribution in [0, 0.1) is 5.41 Å². The molecule has 4 rings (SSSR count). The summed E-state index contributed by atoms with van der Waals surface area (Å²) in [5, 5.41) is 0.688. The van der Waals surface area contributed by atoms with E-state index in [2.05, 4.69) is 25.7 Å². The third-order valence-corrected chi connectivity index (χ3v) is 6.66.